The molecule has 5 rings (SSSR count). The number of nitrogens with two attached hydrogens (primary N) is 1. The molecular weight excluding hydrogens is 372 g/mol. The molecule has 152 valence electrons. The number of carbonyl (C=O) groups excluding carboxylic acids is 1. The van der Waals surface area contributed by atoms with Crippen molar-refractivity contribution in [1.29, 1.82) is 0 Å². The van der Waals surface area contributed by atoms with E-state index in [4.69, 9.17) is 10.5 Å². The molecule has 2 aliphatic rings. The average Bonchev–Trinajstić information content (AvgIpc) is 3.15. The van der Waals surface area contributed by atoms with Gasteiger partial charge in [0.1, 0.15) is 5.75 Å². The molecule has 0 atom stereocenters. The van der Waals surface area contributed by atoms with Crippen molar-refractivity contribution in [2.75, 3.05) is 19.7 Å². The van der Waals surface area contributed by atoms with Gasteiger partial charge < -0.3 is 15.4 Å². The number of carbonyl (C=O) groups is 1. The zero-order valence-corrected chi connectivity index (χ0v) is 17.0. The first-order valence-electron chi connectivity index (χ1n) is 10.6. The van der Waals surface area contributed by atoms with Crippen LogP contribution in [0.4, 0.5) is 0 Å². The Morgan fingerprint density at radius 3 is 2.70 bits per heavy atom. The topological polar surface area (TPSA) is 55.6 Å². The smallest absolute Gasteiger partial charge is 0.246 e. The molecule has 1 fully saturated rings. The van der Waals surface area contributed by atoms with E-state index in [2.05, 4.69) is 30.3 Å². The van der Waals surface area contributed by atoms with Gasteiger partial charge in [-0.1, -0.05) is 54.6 Å². The molecule has 4 heteroatoms. The van der Waals surface area contributed by atoms with Crippen LogP contribution >= 0.6 is 0 Å². The van der Waals surface area contributed by atoms with E-state index in [1.54, 1.807) is 6.08 Å². The molecule has 2 aliphatic heterocycles. The van der Waals surface area contributed by atoms with Crippen LogP contribution in [0.25, 0.3) is 16.8 Å². The van der Waals surface area contributed by atoms with Gasteiger partial charge in [0, 0.05) is 36.7 Å². The molecule has 30 heavy (non-hydrogen) atoms. The van der Waals surface area contributed by atoms with Crippen molar-refractivity contribution in [1.82, 2.24) is 4.90 Å². The second kappa shape index (κ2) is 7.62. The fourth-order valence-corrected chi connectivity index (χ4v) is 4.77. The van der Waals surface area contributed by atoms with Crippen molar-refractivity contribution < 1.29 is 9.53 Å². The van der Waals surface area contributed by atoms with Crippen LogP contribution in [0, 0.1) is 0 Å². The highest BCUT2D eigenvalue weighted by Gasteiger charge is 2.43. The van der Waals surface area contributed by atoms with Crippen molar-refractivity contribution in [3.05, 3.63) is 83.4 Å². The molecule has 0 unspecified atom stereocenters. The molecule has 0 aromatic heterocycles. The first kappa shape index (κ1) is 18.9. The normalized spacial score (nSPS) is 17.4. The number of hydrogen-bond donors (Lipinski definition) is 1. The molecule has 2 heterocycles. The summed E-state index contributed by atoms with van der Waals surface area (Å²) in [5.41, 5.74) is 9.32. The lowest BCUT2D eigenvalue weighted by molar-refractivity contribution is -0.127. The maximum Gasteiger partial charge on any atom is 0.246 e. The second-order valence-corrected chi connectivity index (χ2v) is 8.33. The number of hydrogen-bond acceptors (Lipinski definition) is 3. The molecule has 0 aliphatic carbocycles. The number of fused-ring (bicyclic) bond motifs is 3. The number of nitrogens with zero attached hydrogens (tertiary/aromatic N) is 1. The number of amides is 1. The van der Waals surface area contributed by atoms with Crippen LogP contribution in [0.2, 0.25) is 0 Å². The summed E-state index contributed by atoms with van der Waals surface area (Å²) in [5, 5.41) is 2.35. The highest BCUT2D eigenvalue weighted by molar-refractivity contribution is 5.96. The first-order chi connectivity index (χ1) is 14.7. The Morgan fingerprint density at radius 2 is 1.87 bits per heavy atom. The summed E-state index contributed by atoms with van der Waals surface area (Å²) in [6.45, 7) is 2.72. The summed E-state index contributed by atoms with van der Waals surface area (Å²) >= 11 is 0. The third-order valence-corrected chi connectivity index (χ3v) is 6.62. The minimum atomic E-state index is 0.0106. The zero-order chi connectivity index (χ0) is 20.6. The standard InChI is InChI=1S/C26H26N2O2/c27-17-19-8-10-24-23(16-19)26(18-30-24)12-14-28(15-13-26)25(29)11-9-21-6-3-5-20-4-1-2-7-22(20)21/h1-11,16H,12-15,17-18,27H2. The van der Waals surface area contributed by atoms with Gasteiger partial charge in [0.2, 0.25) is 5.91 Å². The van der Waals surface area contributed by atoms with Crippen molar-refractivity contribution in [2.24, 2.45) is 5.73 Å². The molecule has 3 aromatic rings. The molecule has 1 amide bonds. The largest absolute Gasteiger partial charge is 0.492 e. The second-order valence-electron chi connectivity index (χ2n) is 8.33. The highest BCUT2D eigenvalue weighted by Crippen LogP contribution is 2.45. The zero-order valence-electron chi connectivity index (χ0n) is 17.0. The SMILES string of the molecule is NCc1ccc2c(c1)C1(CCN(C(=O)C=Cc3cccc4ccccc34)CC1)CO2. The summed E-state index contributed by atoms with van der Waals surface area (Å²) in [5.74, 6) is 1.05. The lowest BCUT2D eigenvalue weighted by atomic mass is 9.74. The van der Waals surface area contributed by atoms with Crippen molar-refractivity contribution in [3.63, 3.8) is 0 Å². The third kappa shape index (κ3) is 3.27. The monoisotopic (exact) mass is 398 g/mol. The third-order valence-electron chi connectivity index (χ3n) is 6.62. The molecule has 1 saturated heterocycles. The van der Waals surface area contributed by atoms with Gasteiger partial charge in [-0.25, -0.2) is 0 Å². The van der Waals surface area contributed by atoms with E-state index in [9.17, 15) is 4.79 Å². The summed E-state index contributed by atoms with van der Waals surface area (Å²) < 4.78 is 5.97. The van der Waals surface area contributed by atoms with Gasteiger partial charge in [0.15, 0.2) is 0 Å². The lowest BCUT2D eigenvalue weighted by Gasteiger charge is -2.38. The van der Waals surface area contributed by atoms with Gasteiger partial charge in [-0.15, -0.1) is 0 Å². The molecule has 0 bridgehead atoms. The van der Waals surface area contributed by atoms with E-state index in [0.717, 1.165) is 48.2 Å². The number of benzene rings is 3. The average molecular weight is 399 g/mol. The van der Waals surface area contributed by atoms with Gasteiger partial charge in [0.25, 0.3) is 0 Å². The summed E-state index contributed by atoms with van der Waals surface area (Å²) in [4.78, 5) is 14.8. The van der Waals surface area contributed by atoms with Crippen LogP contribution in [-0.4, -0.2) is 30.5 Å². The number of piperidine rings is 1. The van der Waals surface area contributed by atoms with E-state index in [1.807, 2.05) is 41.3 Å². The highest BCUT2D eigenvalue weighted by atomic mass is 16.5. The molecule has 1 spiro atoms. The van der Waals surface area contributed by atoms with Gasteiger partial charge in [-0.3, -0.25) is 4.79 Å². The predicted molar refractivity (Wildman–Crippen MR) is 120 cm³/mol. The molecule has 4 nitrogen and oxygen atoms in total. The Balaban J connectivity index is 1.30. The predicted octanol–water partition coefficient (Wildman–Crippen LogP) is 4.26. The summed E-state index contributed by atoms with van der Waals surface area (Å²) in [6, 6.07) is 20.7. The van der Waals surface area contributed by atoms with Crippen molar-refractivity contribution >= 4 is 22.8 Å². The molecule has 2 N–H and O–H groups in total. The van der Waals surface area contributed by atoms with Gasteiger partial charge in [0.05, 0.1) is 6.61 Å². The molecule has 3 aromatic carbocycles. The van der Waals surface area contributed by atoms with Gasteiger partial charge in [-0.05, 0) is 46.9 Å². The number of ether oxygens (including phenoxy) is 1. The lowest BCUT2D eigenvalue weighted by Crippen LogP contribution is -2.45. The molecule has 0 saturated carbocycles. The Hall–Kier alpha value is -3.11. The van der Waals surface area contributed by atoms with Crippen LogP contribution in [0.3, 0.4) is 0 Å². The fraction of sp³-hybridized carbons (Fsp3) is 0.269. The number of rotatable bonds is 3. The van der Waals surface area contributed by atoms with Crippen LogP contribution < -0.4 is 10.5 Å². The first-order valence-corrected chi connectivity index (χ1v) is 10.6. The van der Waals surface area contributed by atoms with E-state index < -0.39 is 0 Å². The number of likely N-dealkylation sites (tertiary alicyclic amines) is 1. The van der Waals surface area contributed by atoms with Crippen LogP contribution in [0.5, 0.6) is 5.75 Å². The Kier molecular flexibility index (Phi) is 4.80. The Bertz CT molecular complexity index is 1120. The van der Waals surface area contributed by atoms with Gasteiger partial charge in [-0.2, -0.15) is 0 Å². The minimum absolute atomic E-state index is 0.0106. The fourth-order valence-electron chi connectivity index (χ4n) is 4.77. The molecule has 0 radical (unpaired) electrons. The van der Waals surface area contributed by atoms with E-state index in [0.29, 0.717) is 13.2 Å². The summed E-state index contributed by atoms with van der Waals surface area (Å²) in [6.07, 6.45) is 5.49. The molecular formula is C26H26N2O2. The van der Waals surface area contributed by atoms with Crippen molar-refractivity contribution in [3.8, 4) is 5.75 Å². The maximum atomic E-state index is 12.8. The minimum Gasteiger partial charge on any atom is -0.492 e. The van der Waals surface area contributed by atoms with E-state index in [1.165, 1.54) is 10.9 Å². The van der Waals surface area contributed by atoms with Crippen LogP contribution in [0.15, 0.2) is 66.7 Å². The van der Waals surface area contributed by atoms with Crippen LogP contribution in [-0.2, 0) is 16.8 Å². The maximum absolute atomic E-state index is 12.8. The van der Waals surface area contributed by atoms with E-state index in [-0.39, 0.29) is 11.3 Å². The Labute approximate surface area is 176 Å². The quantitative estimate of drug-likeness (QED) is 0.671. The Morgan fingerprint density at radius 1 is 1.07 bits per heavy atom. The van der Waals surface area contributed by atoms with Crippen LogP contribution in [0.1, 0.15) is 29.5 Å². The van der Waals surface area contributed by atoms with E-state index >= 15 is 0 Å². The summed E-state index contributed by atoms with van der Waals surface area (Å²) in [7, 11) is 0. The van der Waals surface area contributed by atoms with Crippen molar-refractivity contribution in [2.45, 2.75) is 24.8 Å². The van der Waals surface area contributed by atoms with Gasteiger partial charge >= 0.3 is 0 Å².